The normalized spacial score (nSPS) is 11.3. The zero-order valence-electron chi connectivity index (χ0n) is 17.5. The lowest BCUT2D eigenvalue weighted by Gasteiger charge is -2.21. The Hall–Kier alpha value is -2.14. The summed E-state index contributed by atoms with van der Waals surface area (Å²) in [5.74, 6) is 1.73. The molecule has 0 radical (unpaired) electrons. The van der Waals surface area contributed by atoms with Crippen LogP contribution in [0.2, 0.25) is 0 Å². The highest BCUT2D eigenvalue weighted by molar-refractivity contribution is 5.70. The van der Waals surface area contributed by atoms with Crippen LogP contribution in [0.3, 0.4) is 0 Å². The fourth-order valence-electron chi connectivity index (χ4n) is 3.09. The van der Waals surface area contributed by atoms with Gasteiger partial charge >= 0.3 is 0 Å². The molecule has 0 aliphatic rings. The second-order valence-corrected chi connectivity index (χ2v) is 7.01. The molecule has 0 saturated carbocycles. The van der Waals surface area contributed by atoms with Crippen LogP contribution in [0.1, 0.15) is 70.2 Å². The highest BCUT2D eigenvalue weighted by Gasteiger charge is 2.19. The molecular weight excluding hydrogens is 338 g/mol. The van der Waals surface area contributed by atoms with E-state index in [2.05, 4.69) is 27.7 Å². The number of ether oxygens (including phenoxy) is 2. The van der Waals surface area contributed by atoms with Crippen molar-refractivity contribution in [3.8, 4) is 22.9 Å². The first-order valence-electron chi connectivity index (χ1n) is 9.95. The lowest BCUT2D eigenvalue weighted by Crippen LogP contribution is -2.16. The highest BCUT2D eigenvalue weighted by atomic mass is 16.5. The van der Waals surface area contributed by atoms with Gasteiger partial charge in [-0.2, -0.15) is 0 Å². The van der Waals surface area contributed by atoms with Crippen LogP contribution < -0.4 is 15.2 Å². The summed E-state index contributed by atoms with van der Waals surface area (Å²) in [7, 11) is 0. The molecule has 2 rings (SSSR count). The predicted molar refractivity (Wildman–Crippen MR) is 110 cm³/mol. The Morgan fingerprint density at radius 3 is 2.37 bits per heavy atom. The number of aromatic nitrogens is 2. The van der Waals surface area contributed by atoms with Gasteiger partial charge in [-0.05, 0) is 50.3 Å². The molecule has 148 valence electrons. The molecule has 2 heterocycles. The molecule has 27 heavy (non-hydrogen) atoms. The molecule has 0 spiro atoms. The van der Waals surface area contributed by atoms with Crippen LogP contribution in [-0.4, -0.2) is 22.7 Å². The number of rotatable bonds is 9. The largest absolute Gasteiger partial charge is 0.488 e. The van der Waals surface area contributed by atoms with E-state index in [0.29, 0.717) is 24.9 Å². The van der Waals surface area contributed by atoms with Gasteiger partial charge < -0.3 is 15.2 Å². The molecular formula is C22H33N3O2. The maximum atomic E-state index is 6.15. The molecule has 5 nitrogen and oxygen atoms in total. The van der Waals surface area contributed by atoms with Crippen molar-refractivity contribution in [1.82, 2.24) is 9.97 Å². The molecule has 0 saturated heterocycles. The summed E-state index contributed by atoms with van der Waals surface area (Å²) < 4.78 is 12.0. The van der Waals surface area contributed by atoms with E-state index >= 15 is 0 Å². The number of nitrogens with two attached hydrogens (primary N) is 1. The number of pyridine rings is 2. The molecule has 0 aromatic carbocycles. The quantitative estimate of drug-likeness (QED) is 0.671. The first kappa shape index (κ1) is 21.2. The van der Waals surface area contributed by atoms with Crippen molar-refractivity contribution < 1.29 is 9.47 Å². The van der Waals surface area contributed by atoms with Crippen LogP contribution in [0, 0.1) is 6.92 Å². The monoisotopic (exact) mass is 371 g/mol. The Bertz CT molecular complexity index is 755. The third-order valence-corrected chi connectivity index (χ3v) is 4.83. The number of hydrogen-bond acceptors (Lipinski definition) is 5. The Kier molecular flexibility index (Phi) is 7.60. The summed E-state index contributed by atoms with van der Waals surface area (Å²) in [4.78, 5) is 9.40. The minimum atomic E-state index is 0.174. The van der Waals surface area contributed by atoms with Crippen molar-refractivity contribution in [3.05, 3.63) is 35.2 Å². The molecule has 5 heteroatoms. The topological polar surface area (TPSA) is 70.3 Å². The van der Waals surface area contributed by atoms with Crippen molar-refractivity contribution in [2.45, 2.75) is 73.0 Å². The second-order valence-electron chi connectivity index (χ2n) is 7.01. The van der Waals surface area contributed by atoms with Gasteiger partial charge in [0.2, 0.25) is 5.88 Å². The summed E-state index contributed by atoms with van der Waals surface area (Å²) in [5, 5.41) is 0. The van der Waals surface area contributed by atoms with Crippen LogP contribution in [0.5, 0.6) is 11.6 Å². The summed E-state index contributed by atoms with van der Waals surface area (Å²) in [5.41, 5.74) is 10.8. The average Bonchev–Trinajstić information content (AvgIpc) is 2.66. The Morgan fingerprint density at radius 2 is 1.81 bits per heavy atom. The van der Waals surface area contributed by atoms with Gasteiger partial charge in [-0.1, -0.05) is 27.7 Å². The van der Waals surface area contributed by atoms with E-state index in [-0.39, 0.29) is 6.10 Å². The summed E-state index contributed by atoms with van der Waals surface area (Å²) in [6, 6.07) is 4.09. The van der Waals surface area contributed by atoms with E-state index < -0.39 is 0 Å². The van der Waals surface area contributed by atoms with Crippen LogP contribution in [0.4, 0.5) is 0 Å². The third kappa shape index (κ3) is 4.78. The van der Waals surface area contributed by atoms with Crippen molar-refractivity contribution in [2.24, 2.45) is 5.73 Å². The lowest BCUT2D eigenvalue weighted by molar-refractivity contribution is 0.190. The molecule has 0 aliphatic carbocycles. The molecule has 0 atom stereocenters. The number of nitrogens with zero attached hydrogens (tertiary/aromatic N) is 2. The molecule has 0 amide bonds. The van der Waals surface area contributed by atoms with Crippen molar-refractivity contribution in [1.29, 1.82) is 0 Å². The van der Waals surface area contributed by atoms with Gasteiger partial charge in [0, 0.05) is 17.8 Å². The van der Waals surface area contributed by atoms with Gasteiger partial charge in [0.1, 0.15) is 5.75 Å². The van der Waals surface area contributed by atoms with Gasteiger partial charge in [-0.15, -0.1) is 0 Å². The molecule has 0 fully saturated rings. The number of hydrogen-bond donors (Lipinski definition) is 1. The lowest BCUT2D eigenvalue weighted by atomic mass is 10.0. The molecule has 0 bridgehead atoms. The average molecular weight is 372 g/mol. The minimum Gasteiger partial charge on any atom is -0.488 e. The summed E-state index contributed by atoms with van der Waals surface area (Å²) in [6.45, 7) is 13.5. The molecule has 0 aliphatic heterocycles. The van der Waals surface area contributed by atoms with Crippen LogP contribution >= 0.6 is 0 Å². The second kappa shape index (κ2) is 9.70. The van der Waals surface area contributed by atoms with Gasteiger partial charge in [-0.25, -0.2) is 4.98 Å². The van der Waals surface area contributed by atoms with E-state index in [1.54, 1.807) is 6.20 Å². The maximum absolute atomic E-state index is 6.15. The smallest absolute Gasteiger partial charge is 0.223 e. The van der Waals surface area contributed by atoms with Crippen molar-refractivity contribution in [3.63, 3.8) is 0 Å². The highest BCUT2D eigenvalue weighted by Crippen LogP contribution is 2.35. The fraction of sp³-hybridized carbons (Fsp3) is 0.545. The Labute approximate surface area is 163 Å². The fourth-order valence-corrected chi connectivity index (χ4v) is 3.09. The Morgan fingerprint density at radius 1 is 1.11 bits per heavy atom. The molecule has 2 aromatic heterocycles. The van der Waals surface area contributed by atoms with E-state index in [1.165, 1.54) is 0 Å². The van der Waals surface area contributed by atoms with Gasteiger partial charge in [0.15, 0.2) is 0 Å². The molecule has 2 aromatic rings. The van der Waals surface area contributed by atoms with E-state index in [0.717, 1.165) is 46.7 Å². The zero-order chi connectivity index (χ0) is 20.0. The zero-order valence-corrected chi connectivity index (χ0v) is 17.5. The Balaban J connectivity index is 2.53. The van der Waals surface area contributed by atoms with Crippen LogP contribution in [0.15, 0.2) is 18.3 Å². The molecule has 0 unspecified atom stereocenters. The van der Waals surface area contributed by atoms with E-state index in [9.17, 15) is 0 Å². The van der Waals surface area contributed by atoms with E-state index in [4.69, 9.17) is 25.2 Å². The van der Waals surface area contributed by atoms with Crippen LogP contribution in [-0.2, 0) is 6.54 Å². The summed E-state index contributed by atoms with van der Waals surface area (Å²) >= 11 is 0. The van der Waals surface area contributed by atoms with Gasteiger partial charge in [0.25, 0.3) is 0 Å². The first-order valence-corrected chi connectivity index (χ1v) is 9.95. The SMILES string of the molecule is CCOc1nc(C(C)C)ccc1-c1ncc(OC(CC)CC)c(CN)c1C. The maximum Gasteiger partial charge on any atom is 0.223 e. The first-order chi connectivity index (χ1) is 13.0. The van der Waals surface area contributed by atoms with Crippen molar-refractivity contribution in [2.75, 3.05) is 6.61 Å². The predicted octanol–water partition coefficient (Wildman–Crippen LogP) is 5.00. The standard InChI is InChI=1S/C22H33N3O2/c1-7-16(8-2)27-20-13-24-21(15(6)18(20)12-23)17-10-11-19(14(4)5)25-22(17)26-9-3/h10-11,13-14,16H,7-9,12,23H2,1-6H3. The van der Waals surface area contributed by atoms with Gasteiger partial charge in [0.05, 0.1) is 30.2 Å². The third-order valence-electron chi connectivity index (χ3n) is 4.83. The minimum absolute atomic E-state index is 0.174. The molecule has 2 N–H and O–H groups in total. The summed E-state index contributed by atoms with van der Waals surface area (Å²) in [6.07, 6.45) is 3.87. The van der Waals surface area contributed by atoms with Crippen LogP contribution in [0.25, 0.3) is 11.3 Å². The van der Waals surface area contributed by atoms with Crippen molar-refractivity contribution >= 4 is 0 Å². The van der Waals surface area contributed by atoms with E-state index in [1.807, 2.05) is 26.0 Å². The van der Waals surface area contributed by atoms with Gasteiger partial charge in [-0.3, -0.25) is 4.98 Å².